The Kier molecular flexibility index (Phi) is 58.7. The maximum Gasteiger partial charge on any atom is 0.306 e. The van der Waals surface area contributed by atoms with Crippen LogP contribution in [0.25, 0.3) is 0 Å². The Balaban J connectivity index is 3.99. The van der Waals surface area contributed by atoms with Crippen LogP contribution < -0.4 is 5.11 Å². The van der Waals surface area contributed by atoms with Gasteiger partial charge in [0.2, 0.25) is 0 Å². The minimum Gasteiger partial charge on any atom is -0.545 e. The van der Waals surface area contributed by atoms with E-state index in [1.54, 1.807) is 0 Å². The van der Waals surface area contributed by atoms with Crippen LogP contribution in [0.3, 0.4) is 0 Å². The van der Waals surface area contributed by atoms with E-state index in [2.05, 4.69) is 74.6 Å². The largest absolute Gasteiger partial charge is 0.545 e. The van der Waals surface area contributed by atoms with Gasteiger partial charge in [-0.3, -0.25) is 9.59 Å². The zero-order valence-electron chi connectivity index (χ0n) is 52.5. The molecule has 0 aromatic carbocycles. The van der Waals surface area contributed by atoms with Gasteiger partial charge in [0.25, 0.3) is 0 Å². The van der Waals surface area contributed by atoms with Crippen molar-refractivity contribution in [3.05, 3.63) is 60.8 Å². The normalized spacial score (nSPS) is 13.1. The molecule has 0 aliphatic carbocycles. The number of unbranched alkanes of at least 4 members (excludes halogenated alkanes) is 37. The minimum atomic E-state index is -1.63. The van der Waals surface area contributed by atoms with E-state index in [9.17, 15) is 19.5 Å². The van der Waals surface area contributed by atoms with Crippen LogP contribution in [-0.2, 0) is 33.3 Å². The zero-order chi connectivity index (χ0) is 57.6. The Bertz CT molecular complexity index is 1480. The number of ether oxygens (including phenoxy) is 4. The molecule has 0 saturated heterocycles. The van der Waals surface area contributed by atoms with Crippen molar-refractivity contribution in [1.29, 1.82) is 0 Å². The monoisotopic (exact) mass is 1110 g/mol. The Hall–Kier alpha value is -3.01. The first-order valence-corrected chi connectivity index (χ1v) is 33.4. The molecule has 79 heavy (non-hydrogen) atoms. The maximum absolute atomic E-state index is 12.8. The summed E-state index contributed by atoms with van der Waals surface area (Å²) in [6.07, 6.45) is 76.1. The van der Waals surface area contributed by atoms with Gasteiger partial charge in [-0.05, 0) is 77.0 Å². The van der Waals surface area contributed by atoms with Gasteiger partial charge in [-0.2, -0.15) is 0 Å². The van der Waals surface area contributed by atoms with Crippen LogP contribution >= 0.6 is 0 Å². The number of likely N-dealkylation sites (N-methyl/N-ethyl adjacent to an activating group) is 1. The molecule has 460 valence electrons. The highest BCUT2D eigenvalue weighted by Gasteiger charge is 2.22. The molecule has 9 nitrogen and oxygen atoms in total. The van der Waals surface area contributed by atoms with Crippen LogP contribution in [0.4, 0.5) is 0 Å². The minimum absolute atomic E-state index is 0.142. The van der Waals surface area contributed by atoms with Crippen LogP contribution in [0.2, 0.25) is 0 Å². The predicted octanol–water partition coefficient (Wildman–Crippen LogP) is 19.0. The van der Waals surface area contributed by atoms with E-state index in [1.807, 2.05) is 21.1 Å². The highest BCUT2D eigenvalue weighted by molar-refractivity contribution is 5.70. The molecule has 2 atom stereocenters. The molecule has 0 amide bonds. The fraction of sp³-hybridized carbons (Fsp3) is 0.814. The summed E-state index contributed by atoms with van der Waals surface area (Å²) >= 11 is 0. The van der Waals surface area contributed by atoms with Crippen LogP contribution in [0.1, 0.15) is 309 Å². The van der Waals surface area contributed by atoms with Gasteiger partial charge in [0.05, 0.1) is 40.3 Å². The lowest BCUT2D eigenvalue weighted by Gasteiger charge is -2.26. The van der Waals surface area contributed by atoms with Crippen molar-refractivity contribution < 1.29 is 42.9 Å². The number of hydrogen-bond acceptors (Lipinski definition) is 8. The van der Waals surface area contributed by atoms with Gasteiger partial charge in [-0.25, -0.2) is 0 Å². The number of carbonyl (C=O) groups is 3. The third-order valence-electron chi connectivity index (χ3n) is 14.7. The van der Waals surface area contributed by atoms with Gasteiger partial charge < -0.3 is 33.3 Å². The van der Waals surface area contributed by atoms with Crippen molar-refractivity contribution in [1.82, 2.24) is 0 Å². The second kappa shape index (κ2) is 61.1. The zero-order valence-corrected chi connectivity index (χ0v) is 52.5. The standard InChI is InChI=1S/C70H127NO8/c1-6-8-10-12-14-16-18-20-22-24-25-26-27-28-29-30-31-32-33-34-35-36-37-38-39-40-41-42-43-45-46-48-50-52-54-56-58-60-67(72)77-64-66(65-78-70(69(74)75)76-63-62-71(3,4)5)79-68(73)61-59-57-55-53-51-49-47-44-23-21-19-17-15-13-11-9-7-2/h9,11,15,17,21,23-25,47,49,66,70H,6-8,10,12-14,16,18-20,22,26-46,48,50-65H2,1-5H3/b11-9-,17-15-,23-21-,25-24-,49-47-. The summed E-state index contributed by atoms with van der Waals surface area (Å²) in [4.78, 5) is 37.3. The molecule has 0 spiro atoms. The summed E-state index contributed by atoms with van der Waals surface area (Å²) in [5.74, 6) is -2.31. The maximum atomic E-state index is 12.8. The number of rotatable bonds is 62. The number of esters is 2. The summed E-state index contributed by atoms with van der Waals surface area (Å²) in [6, 6.07) is 0. The van der Waals surface area contributed by atoms with Gasteiger partial charge in [0.1, 0.15) is 13.2 Å². The van der Waals surface area contributed by atoms with Crippen molar-refractivity contribution >= 4 is 17.9 Å². The predicted molar refractivity (Wildman–Crippen MR) is 334 cm³/mol. The number of quaternary nitrogens is 1. The third kappa shape index (κ3) is 62.4. The highest BCUT2D eigenvalue weighted by Crippen LogP contribution is 2.18. The van der Waals surface area contributed by atoms with E-state index in [-0.39, 0.29) is 38.6 Å². The molecule has 2 unspecified atom stereocenters. The van der Waals surface area contributed by atoms with E-state index in [1.165, 1.54) is 205 Å². The number of aliphatic carboxylic acids is 1. The molecule has 0 rings (SSSR count). The average Bonchev–Trinajstić information content (AvgIpc) is 3.42. The molecule has 0 bridgehead atoms. The number of nitrogens with zero attached hydrogens (tertiary/aromatic N) is 1. The summed E-state index contributed by atoms with van der Waals surface area (Å²) in [5, 5.41) is 11.8. The second-order valence-electron chi connectivity index (χ2n) is 23.7. The van der Waals surface area contributed by atoms with E-state index < -0.39 is 24.3 Å². The topological polar surface area (TPSA) is 111 Å². The van der Waals surface area contributed by atoms with E-state index in [4.69, 9.17) is 18.9 Å². The lowest BCUT2D eigenvalue weighted by molar-refractivity contribution is -0.870. The first-order valence-electron chi connectivity index (χ1n) is 33.4. The Morgan fingerprint density at radius 1 is 0.392 bits per heavy atom. The summed E-state index contributed by atoms with van der Waals surface area (Å²) in [6.45, 7) is 4.63. The average molecular weight is 1110 g/mol. The number of carboxylic acid groups (broad SMARTS) is 1. The third-order valence-corrected chi connectivity index (χ3v) is 14.7. The molecule has 0 heterocycles. The SMILES string of the molecule is CC/C=C\C/C=C\C/C=C\C/C=C\CCCCCCC(=O)OC(COC(=O)CCCCCCCCCCCCCCCCCCCCCCCCCCC/C=C\CCCCCCCCCC)COC(OCC[N+](C)(C)C)C(=O)[O-]. The summed E-state index contributed by atoms with van der Waals surface area (Å²) in [5.41, 5.74) is 0. The molecule has 9 heteroatoms. The van der Waals surface area contributed by atoms with E-state index in [0.717, 1.165) is 70.6 Å². The lowest BCUT2D eigenvalue weighted by atomic mass is 10.0. The molecular weight excluding hydrogens is 983 g/mol. The molecular formula is C70H127NO8. The van der Waals surface area contributed by atoms with Crippen molar-refractivity contribution in [2.24, 2.45) is 0 Å². The van der Waals surface area contributed by atoms with Gasteiger partial charge >= 0.3 is 11.9 Å². The van der Waals surface area contributed by atoms with Gasteiger partial charge in [0.15, 0.2) is 12.4 Å². The number of hydrogen-bond donors (Lipinski definition) is 0. The first-order chi connectivity index (χ1) is 38.6. The first kappa shape index (κ1) is 76.0. The summed E-state index contributed by atoms with van der Waals surface area (Å²) in [7, 11) is 5.92. The lowest BCUT2D eigenvalue weighted by Crippen LogP contribution is -2.44. The molecule has 0 fully saturated rings. The molecule has 0 aliphatic heterocycles. The molecule has 0 radical (unpaired) electrons. The molecule has 0 N–H and O–H groups in total. The van der Waals surface area contributed by atoms with Gasteiger partial charge in [-0.15, -0.1) is 0 Å². The number of carbonyl (C=O) groups excluding carboxylic acids is 3. The number of allylic oxidation sites excluding steroid dienone is 10. The van der Waals surface area contributed by atoms with Gasteiger partial charge in [-0.1, -0.05) is 280 Å². The van der Waals surface area contributed by atoms with Crippen LogP contribution in [-0.4, -0.2) is 82.3 Å². The second-order valence-corrected chi connectivity index (χ2v) is 23.7. The molecule has 0 aromatic heterocycles. The van der Waals surface area contributed by atoms with Crippen LogP contribution in [0, 0.1) is 0 Å². The molecule has 0 saturated carbocycles. The van der Waals surface area contributed by atoms with Crippen LogP contribution in [0.5, 0.6) is 0 Å². The van der Waals surface area contributed by atoms with Gasteiger partial charge in [0, 0.05) is 12.8 Å². The Morgan fingerprint density at radius 2 is 0.722 bits per heavy atom. The Morgan fingerprint density at radius 3 is 1.09 bits per heavy atom. The molecule has 0 aromatic rings. The van der Waals surface area contributed by atoms with Crippen molar-refractivity contribution in [3.63, 3.8) is 0 Å². The van der Waals surface area contributed by atoms with Crippen molar-refractivity contribution in [3.8, 4) is 0 Å². The highest BCUT2D eigenvalue weighted by atomic mass is 16.7. The van der Waals surface area contributed by atoms with Crippen molar-refractivity contribution in [2.45, 2.75) is 322 Å². The smallest absolute Gasteiger partial charge is 0.306 e. The molecule has 0 aliphatic rings. The fourth-order valence-corrected chi connectivity index (χ4v) is 9.64. The van der Waals surface area contributed by atoms with E-state index >= 15 is 0 Å². The quantitative estimate of drug-likeness (QED) is 0.0195. The number of carboxylic acids is 1. The van der Waals surface area contributed by atoms with E-state index in [0.29, 0.717) is 17.4 Å². The summed E-state index contributed by atoms with van der Waals surface area (Å²) < 4.78 is 22.7. The Labute approximate surface area is 488 Å². The van der Waals surface area contributed by atoms with Crippen LogP contribution in [0.15, 0.2) is 60.8 Å². The van der Waals surface area contributed by atoms with Crippen molar-refractivity contribution in [2.75, 3.05) is 47.5 Å². The fourth-order valence-electron chi connectivity index (χ4n) is 9.64.